The zero-order valence-corrected chi connectivity index (χ0v) is 25.0. The Kier molecular flexibility index (Phi) is 9.14. The van der Waals surface area contributed by atoms with E-state index in [1.54, 1.807) is 7.11 Å². The summed E-state index contributed by atoms with van der Waals surface area (Å²) in [5.74, 6) is -0.0432. The predicted octanol–water partition coefficient (Wildman–Crippen LogP) is 5.83. The Morgan fingerprint density at radius 2 is 1.77 bits per heavy atom. The number of carbonyl (C=O) groups is 2. The highest BCUT2D eigenvalue weighted by Gasteiger charge is 2.29. The van der Waals surface area contributed by atoms with E-state index in [0.717, 1.165) is 50.7 Å². The molecule has 2 heterocycles. The van der Waals surface area contributed by atoms with Crippen molar-refractivity contribution in [3.8, 4) is 10.4 Å². The van der Waals surface area contributed by atoms with Gasteiger partial charge in [0.05, 0.1) is 36.9 Å². The Bertz CT molecular complexity index is 1550. The van der Waals surface area contributed by atoms with Gasteiger partial charge in [-0.25, -0.2) is 5.48 Å². The van der Waals surface area contributed by atoms with Gasteiger partial charge < -0.3 is 25.1 Å². The number of carbonyl (C=O) groups excluding carboxylic acids is 2. The lowest BCUT2D eigenvalue weighted by atomic mass is 10.1. The summed E-state index contributed by atoms with van der Waals surface area (Å²) < 4.78 is 5.88. The van der Waals surface area contributed by atoms with Crippen molar-refractivity contribution in [1.82, 2.24) is 10.8 Å². The van der Waals surface area contributed by atoms with Crippen LogP contribution in [0.4, 0.5) is 11.4 Å². The molecule has 4 aromatic rings. The zero-order valence-electron chi connectivity index (χ0n) is 24.2. The molecule has 1 atom stereocenters. The van der Waals surface area contributed by atoms with Crippen LogP contribution in [0.2, 0.25) is 0 Å². The fourth-order valence-corrected chi connectivity index (χ4v) is 6.44. The van der Waals surface area contributed by atoms with Crippen molar-refractivity contribution in [1.29, 1.82) is 0 Å². The predicted molar refractivity (Wildman–Crippen MR) is 171 cm³/mol. The number of ether oxygens (including phenoxy) is 1. The second kappa shape index (κ2) is 13.5. The second-order valence-electron chi connectivity index (χ2n) is 10.8. The number of benzene rings is 3. The van der Waals surface area contributed by atoms with E-state index in [0.29, 0.717) is 44.3 Å². The standard InChI is InChI=1S/C34H36N4O4S/c1-41-35-18-20-42-22-29(23-7-3-2-4-8-23)36-26-13-11-24(12-14-26)34(40)38-19-17-25-21-31(33(39)37-27-15-16-27)43-32(25)28-9-5-6-10-30(28)38/h2-14,21,27,29,35-36H,15-20,22H2,1H3,(H,37,39). The van der Waals surface area contributed by atoms with E-state index in [9.17, 15) is 9.59 Å². The molecule has 1 unspecified atom stereocenters. The molecule has 1 fully saturated rings. The van der Waals surface area contributed by atoms with Gasteiger partial charge in [0.25, 0.3) is 11.8 Å². The van der Waals surface area contributed by atoms with E-state index >= 15 is 0 Å². The van der Waals surface area contributed by atoms with Gasteiger partial charge in [-0.1, -0.05) is 48.5 Å². The third-order valence-electron chi connectivity index (χ3n) is 7.69. The summed E-state index contributed by atoms with van der Waals surface area (Å²) in [6.07, 6.45) is 2.80. The highest BCUT2D eigenvalue weighted by Crippen LogP contribution is 2.42. The van der Waals surface area contributed by atoms with E-state index < -0.39 is 0 Å². The first kappa shape index (κ1) is 29.1. The van der Waals surface area contributed by atoms with Crippen LogP contribution in [0.1, 0.15) is 50.0 Å². The minimum absolute atomic E-state index is 0.00357. The Morgan fingerprint density at radius 1 is 1.00 bits per heavy atom. The molecule has 0 bridgehead atoms. The fourth-order valence-electron chi connectivity index (χ4n) is 5.29. The Labute approximate surface area is 256 Å². The maximum absolute atomic E-state index is 13.9. The molecule has 222 valence electrons. The van der Waals surface area contributed by atoms with Crippen molar-refractivity contribution >= 4 is 34.5 Å². The zero-order chi connectivity index (χ0) is 29.6. The second-order valence-corrected chi connectivity index (χ2v) is 11.8. The number of para-hydroxylation sites is 1. The molecule has 2 amide bonds. The van der Waals surface area contributed by atoms with Crippen molar-refractivity contribution < 1.29 is 19.2 Å². The van der Waals surface area contributed by atoms with E-state index in [4.69, 9.17) is 9.57 Å². The largest absolute Gasteiger partial charge is 0.378 e. The van der Waals surface area contributed by atoms with E-state index in [-0.39, 0.29) is 17.9 Å². The minimum Gasteiger partial charge on any atom is -0.378 e. The van der Waals surface area contributed by atoms with Crippen LogP contribution in [-0.4, -0.2) is 51.3 Å². The van der Waals surface area contributed by atoms with Gasteiger partial charge in [-0.15, -0.1) is 11.3 Å². The lowest BCUT2D eigenvalue weighted by Crippen LogP contribution is -2.32. The third-order valence-corrected chi connectivity index (χ3v) is 8.90. The van der Waals surface area contributed by atoms with Crippen LogP contribution >= 0.6 is 11.3 Å². The normalized spacial score (nSPS) is 14.8. The van der Waals surface area contributed by atoms with Crippen molar-refractivity contribution in [3.63, 3.8) is 0 Å². The van der Waals surface area contributed by atoms with E-state index in [1.807, 2.05) is 77.7 Å². The maximum atomic E-state index is 13.9. The summed E-state index contributed by atoms with van der Waals surface area (Å²) >= 11 is 1.52. The molecule has 0 spiro atoms. The maximum Gasteiger partial charge on any atom is 0.261 e. The smallest absolute Gasteiger partial charge is 0.261 e. The van der Waals surface area contributed by atoms with Crippen molar-refractivity contribution in [3.05, 3.63) is 106 Å². The molecule has 9 heteroatoms. The molecule has 6 rings (SSSR count). The molecular weight excluding hydrogens is 560 g/mol. The molecule has 3 N–H and O–H groups in total. The monoisotopic (exact) mass is 596 g/mol. The number of nitrogens with zero attached hydrogens (tertiary/aromatic N) is 1. The molecular formula is C34H36N4O4S. The van der Waals surface area contributed by atoms with Gasteiger partial charge in [-0.2, -0.15) is 0 Å². The van der Waals surface area contributed by atoms with Crippen LogP contribution in [0, 0.1) is 0 Å². The van der Waals surface area contributed by atoms with Gasteiger partial charge >= 0.3 is 0 Å². The number of rotatable bonds is 12. The van der Waals surface area contributed by atoms with Crippen molar-refractivity contribution in [2.24, 2.45) is 0 Å². The third kappa shape index (κ3) is 6.97. The van der Waals surface area contributed by atoms with Gasteiger partial charge in [0.2, 0.25) is 0 Å². The summed E-state index contributed by atoms with van der Waals surface area (Å²) in [7, 11) is 1.58. The van der Waals surface area contributed by atoms with Crippen LogP contribution in [0.3, 0.4) is 0 Å². The number of hydrogen-bond acceptors (Lipinski definition) is 7. The molecule has 0 saturated heterocycles. The average Bonchev–Trinajstić information content (AvgIpc) is 3.79. The number of fused-ring (bicyclic) bond motifs is 3. The number of hydroxylamine groups is 1. The first-order chi connectivity index (χ1) is 21.1. The molecule has 1 aliphatic heterocycles. The topological polar surface area (TPSA) is 91.9 Å². The molecule has 0 radical (unpaired) electrons. The van der Waals surface area contributed by atoms with E-state index in [2.05, 4.69) is 28.2 Å². The summed E-state index contributed by atoms with van der Waals surface area (Å²) in [5, 5.41) is 6.66. The number of nitrogens with one attached hydrogen (secondary N) is 3. The lowest BCUT2D eigenvalue weighted by Gasteiger charge is -2.24. The fraction of sp³-hybridized carbons (Fsp3) is 0.294. The van der Waals surface area contributed by atoms with Gasteiger partial charge in [0, 0.05) is 40.8 Å². The summed E-state index contributed by atoms with van der Waals surface area (Å²) in [6, 6.07) is 28.1. The molecule has 8 nitrogen and oxygen atoms in total. The highest BCUT2D eigenvalue weighted by atomic mass is 32.1. The van der Waals surface area contributed by atoms with Gasteiger partial charge in [0.15, 0.2) is 0 Å². The number of hydrogen-bond donors (Lipinski definition) is 3. The number of amides is 2. The first-order valence-corrected chi connectivity index (χ1v) is 15.5. The number of thiophene rings is 1. The SMILES string of the molecule is CONCCOCC(Nc1ccc(C(=O)N2CCc3cc(C(=O)NC4CC4)sc3-c3ccccc32)cc1)c1ccccc1. The van der Waals surface area contributed by atoms with Gasteiger partial charge in [-0.05, 0) is 66.8 Å². The van der Waals surface area contributed by atoms with Crippen LogP contribution < -0.4 is 21.0 Å². The molecule has 1 aliphatic carbocycles. The number of anilines is 2. The summed E-state index contributed by atoms with van der Waals surface area (Å²) in [5.41, 5.74) is 8.39. The van der Waals surface area contributed by atoms with Crippen molar-refractivity contribution in [2.45, 2.75) is 31.3 Å². The molecule has 43 heavy (non-hydrogen) atoms. The Morgan fingerprint density at radius 3 is 2.53 bits per heavy atom. The Hall–Kier alpha value is -4.02. The first-order valence-electron chi connectivity index (χ1n) is 14.7. The molecule has 1 aromatic heterocycles. The van der Waals surface area contributed by atoms with Crippen molar-refractivity contribution in [2.75, 3.05) is 43.6 Å². The summed E-state index contributed by atoms with van der Waals surface area (Å²) in [4.78, 5) is 35.2. The van der Waals surface area contributed by atoms with E-state index in [1.165, 1.54) is 11.3 Å². The molecule has 1 saturated carbocycles. The highest BCUT2D eigenvalue weighted by molar-refractivity contribution is 7.17. The average molecular weight is 597 g/mol. The Balaban J connectivity index is 1.17. The molecule has 2 aliphatic rings. The lowest BCUT2D eigenvalue weighted by molar-refractivity contribution is 0.0531. The molecule has 3 aromatic carbocycles. The van der Waals surface area contributed by atoms with Crippen LogP contribution in [0.5, 0.6) is 0 Å². The quantitative estimate of drug-likeness (QED) is 0.141. The van der Waals surface area contributed by atoms with Crippen LogP contribution in [-0.2, 0) is 16.0 Å². The summed E-state index contributed by atoms with van der Waals surface area (Å²) in [6.45, 7) is 2.13. The van der Waals surface area contributed by atoms with Gasteiger partial charge in [-0.3, -0.25) is 9.59 Å². The van der Waals surface area contributed by atoms with Crippen LogP contribution in [0.15, 0.2) is 84.9 Å². The van der Waals surface area contributed by atoms with Gasteiger partial charge in [0.1, 0.15) is 0 Å². The van der Waals surface area contributed by atoms with Crippen LogP contribution in [0.25, 0.3) is 10.4 Å². The minimum atomic E-state index is -0.0574.